The topological polar surface area (TPSA) is 50.4 Å². The SMILES string of the molecule is Cc1cc(Cl)cc(Cl)c1CNC(=O)[C@H]1CNCCO1. The Morgan fingerprint density at radius 3 is 2.95 bits per heavy atom. The Hall–Kier alpha value is -0.810. The number of halogens is 2. The van der Waals surface area contributed by atoms with E-state index in [-0.39, 0.29) is 5.91 Å². The predicted octanol–water partition coefficient (Wildman–Crippen LogP) is 1.91. The van der Waals surface area contributed by atoms with Crippen molar-refractivity contribution in [2.24, 2.45) is 0 Å². The Kier molecular flexibility index (Phi) is 5.05. The molecule has 19 heavy (non-hydrogen) atoms. The van der Waals surface area contributed by atoms with Crippen molar-refractivity contribution >= 4 is 29.1 Å². The Morgan fingerprint density at radius 2 is 2.32 bits per heavy atom. The summed E-state index contributed by atoms with van der Waals surface area (Å²) in [5.41, 5.74) is 1.84. The molecule has 1 aliphatic heterocycles. The molecule has 2 rings (SSSR count). The molecule has 1 aromatic rings. The van der Waals surface area contributed by atoms with Crippen molar-refractivity contribution in [1.29, 1.82) is 0 Å². The molecule has 2 N–H and O–H groups in total. The van der Waals surface area contributed by atoms with Crippen LogP contribution in [-0.4, -0.2) is 31.7 Å². The van der Waals surface area contributed by atoms with Gasteiger partial charge in [-0.15, -0.1) is 0 Å². The molecule has 1 amide bonds. The molecule has 1 aliphatic rings. The van der Waals surface area contributed by atoms with Gasteiger partial charge in [0.2, 0.25) is 0 Å². The third-order valence-corrected chi connectivity index (χ3v) is 3.60. The molecule has 4 nitrogen and oxygen atoms in total. The maximum Gasteiger partial charge on any atom is 0.250 e. The number of aryl methyl sites for hydroxylation is 1. The van der Waals surface area contributed by atoms with Gasteiger partial charge in [0.25, 0.3) is 5.91 Å². The van der Waals surface area contributed by atoms with E-state index in [1.165, 1.54) is 0 Å². The van der Waals surface area contributed by atoms with Crippen molar-refractivity contribution in [2.45, 2.75) is 19.6 Å². The zero-order chi connectivity index (χ0) is 13.8. The van der Waals surface area contributed by atoms with Crippen LogP contribution in [0, 0.1) is 6.92 Å². The van der Waals surface area contributed by atoms with E-state index in [9.17, 15) is 4.79 Å². The van der Waals surface area contributed by atoms with Gasteiger partial charge in [0.05, 0.1) is 6.61 Å². The molecule has 1 aromatic carbocycles. The highest BCUT2D eigenvalue weighted by molar-refractivity contribution is 6.35. The van der Waals surface area contributed by atoms with Gasteiger partial charge in [-0.2, -0.15) is 0 Å². The zero-order valence-corrected chi connectivity index (χ0v) is 12.1. The lowest BCUT2D eigenvalue weighted by molar-refractivity contribution is -0.134. The largest absolute Gasteiger partial charge is 0.366 e. The van der Waals surface area contributed by atoms with E-state index in [1.807, 2.05) is 13.0 Å². The van der Waals surface area contributed by atoms with E-state index in [4.69, 9.17) is 27.9 Å². The van der Waals surface area contributed by atoms with Crippen molar-refractivity contribution in [2.75, 3.05) is 19.7 Å². The van der Waals surface area contributed by atoms with Gasteiger partial charge >= 0.3 is 0 Å². The standard InChI is InChI=1S/C13H16Cl2N2O2/c1-8-4-9(14)5-11(15)10(8)6-17-13(18)12-7-16-2-3-19-12/h4-5,12,16H,2-3,6-7H2,1H3,(H,17,18)/t12-/m1/s1. The fraction of sp³-hybridized carbons (Fsp3) is 0.462. The normalized spacial score (nSPS) is 19.2. The van der Waals surface area contributed by atoms with Crippen molar-refractivity contribution in [3.05, 3.63) is 33.3 Å². The van der Waals surface area contributed by atoms with E-state index in [1.54, 1.807) is 6.07 Å². The Labute approximate surface area is 122 Å². The summed E-state index contributed by atoms with van der Waals surface area (Å²) < 4.78 is 5.38. The second-order valence-corrected chi connectivity index (χ2v) is 5.31. The van der Waals surface area contributed by atoms with Gasteiger partial charge in [0.15, 0.2) is 0 Å². The smallest absolute Gasteiger partial charge is 0.250 e. The summed E-state index contributed by atoms with van der Waals surface area (Å²) in [5, 5.41) is 7.11. The van der Waals surface area contributed by atoms with Crippen LogP contribution in [0.25, 0.3) is 0 Å². The molecular weight excluding hydrogens is 287 g/mol. The molecule has 104 valence electrons. The lowest BCUT2D eigenvalue weighted by Crippen LogP contribution is -2.47. The molecule has 0 aromatic heterocycles. The quantitative estimate of drug-likeness (QED) is 0.897. The van der Waals surface area contributed by atoms with Crippen LogP contribution in [0.3, 0.4) is 0 Å². The van der Waals surface area contributed by atoms with Crippen molar-refractivity contribution in [3.63, 3.8) is 0 Å². The summed E-state index contributed by atoms with van der Waals surface area (Å²) in [7, 11) is 0. The van der Waals surface area contributed by atoms with Crippen LogP contribution in [0.4, 0.5) is 0 Å². The summed E-state index contributed by atoms with van der Waals surface area (Å²) >= 11 is 12.0. The van der Waals surface area contributed by atoms with E-state index in [0.717, 1.165) is 17.7 Å². The summed E-state index contributed by atoms with van der Waals surface area (Å²) in [6.45, 7) is 4.17. The molecule has 1 fully saturated rings. The van der Waals surface area contributed by atoms with Gasteiger partial charge in [-0.25, -0.2) is 0 Å². The highest BCUT2D eigenvalue weighted by Crippen LogP contribution is 2.24. The van der Waals surface area contributed by atoms with E-state index >= 15 is 0 Å². The van der Waals surface area contributed by atoms with Crippen LogP contribution >= 0.6 is 23.2 Å². The van der Waals surface area contributed by atoms with Gasteiger partial charge in [-0.05, 0) is 30.2 Å². The first-order valence-corrected chi connectivity index (χ1v) is 6.88. The minimum atomic E-state index is -0.430. The third kappa shape index (κ3) is 3.83. The average molecular weight is 303 g/mol. The first-order valence-electron chi connectivity index (χ1n) is 6.12. The molecule has 0 aliphatic carbocycles. The lowest BCUT2D eigenvalue weighted by Gasteiger charge is -2.23. The Morgan fingerprint density at radius 1 is 1.53 bits per heavy atom. The fourth-order valence-electron chi connectivity index (χ4n) is 1.98. The molecule has 0 spiro atoms. The van der Waals surface area contributed by atoms with Crippen LogP contribution in [0.2, 0.25) is 10.0 Å². The van der Waals surface area contributed by atoms with E-state index in [0.29, 0.717) is 29.7 Å². The second kappa shape index (κ2) is 6.57. The number of hydrogen-bond donors (Lipinski definition) is 2. The average Bonchev–Trinajstić information content (AvgIpc) is 2.38. The van der Waals surface area contributed by atoms with Crippen molar-refractivity contribution in [1.82, 2.24) is 10.6 Å². The molecule has 1 saturated heterocycles. The molecule has 0 saturated carbocycles. The number of benzene rings is 1. The maximum atomic E-state index is 11.9. The minimum Gasteiger partial charge on any atom is -0.366 e. The number of nitrogens with one attached hydrogen (secondary N) is 2. The molecule has 1 heterocycles. The molecular formula is C13H16Cl2N2O2. The minimum absolute atomic E-state index is 0.127. The number of hydrogen-bond acceptors (Lipinski definition) is 3. The monoisotopic (exact) mass is 302 g/mol. The summed E-state index contributed by atoms with van der Waals surface area (Å²) in [6, 6.07) is 3.50. The molecule has 6 heteroatoms. The Bertz CT molecular complexity index is 451. The van der Waals surface area contributed by atoms with Crippen LogP contribution in [0.5, 0.6) is 0 Å². The van der Waals surface area contributed by atoms with Gasteiger partial charge in [-0.1, -0.05) is 23.2 Å². The summed E-state index contributed by atoms with van der Waals surface area (Å²) in [4.78, 5) is 11.9. The number of carbonyl (C=O) groups excluding carboxylic acids is 1. The molecule has 0 radical (unpaired) electrons. The van der Waals surface area contributed by atoms with Crippen LogP contribution in [-0.2, 0) is 16.1 Å². The third-order valence-electron chi connectivity index (χ3n) is 3.04. The summed E-state index contributed by atoms with van der Waals surface area (Å²) in [5.74, 6) is -0.127. The molecule has 0 unspecified atom stereocenters. The zero-order valence-electron chi connectivity index (χ0n) is 10.6. The Balaban J connectivity index is 1.96. The van der Waals surface area contributed by atoms with Gasteiger partial charge in [0, 0.05) is 29.7 Å². The van der Waals surface area contributed by atoms with Crippen LogP contribution in [0.15, 0.2) is 12.1 Å². The predicted molar refractivity (Wildman–Crippen MR) is 75.7 cm³/mol. The number of amides is 1. The highest BCUT2D eigenvalue weighted by Gasteiger charge is 2.21. The van der Waals surface area contributed by atoms with Crippen molar-refractivity contribution < 1.29 is 9.53 Å². The second-order valence-electron chi connectivity index (χ2n) is 4.46. The number of carbonyl (C=O) groups is 1. The molecule has 1 atom stereocenters. The number of morpholine rings is 1. The summed E-state index contributed by atoms with van der Waals surface area (Å²) in [6.07, 6.45) is -0.430. The number of rotatable bonds is 3. The van der Waals surface area contributed by atoms with Gasteiger partial charge in [-0.3, -0.25) is 4.79 Å². The molecule has 0 bridgehead atoms. The number of ether oxygens (including phenoxy) is 1. The van der Waals surface area contributed by atoms with E-state index in [2.05, 4.69) is 10.6 Å². The van der Waals surface area contributed by atoms with Crippen LogP contribution in [0.1, 0.15) is 11.1 Å². The van der Waals surface area contributed by atoms with Gasteiger partial charge in [0.1, 0.15) is 6.10 Å². The van der Waals surface area contributed by atoms with Gasteiger partial charge < -0.3 is 15.4 Å². The fourth-order valence-corrected chi connectivity index (χ4v) is 2.64. The van der Waals surface area contributed by atoms with Crippen molar-refractivity contribution in [3.8, 4) is 0 Å². The maximum absolute atomic E-state index is 11.9. The first kappa shape index (κ1) is 14.6. The van der Waals surface area contributed by atoms with E-state index < -0.39 is 6.10 Å². The first-order chi connectivity index (χ1) is 9.08. The highest BCUT2D eigenvalue weighted by atomic mass is 35.5. The lowest BCUT2D eigenvalue weighted by atomic mass is 10.1. The van der Waals surface area contributed by atoms with Crippen LogP contribution < -0.4 is 10.6 Å².